The number of carbonyl (C=O) groups excluding carboxylic acids is 4. The monoisotopic (exact) mass is 365 g/mol. The number of amides is 4. The molecule has 3 N–H and O–H groups in total. The summed E-state index contributed by atoms with van der Waals surface area (Å²) in [7, 11) is 1.47. The Morgan fingerprint density at radius 2 is 1.81 bits per heavy atom. The zero-order valence-electron chi connectivity index (χ0n) is 15.2. The number of esters is 1. The standard InChI is InChI=1S/C17H23N3O6/c1-17(2,3)20-16(24)19-13(21)10-26-14(22)9-18-15(23)11-6-5-7-12(8-11)25-4/h5-8H,9-10H2,1-4H3,(H,18,23)(H2,19,20,21,24). The summed E-state index contributed by atoms with van der Waals surface area (Å²) < 4.78 is 9.70. The molecule has 4 amide bonds. The van der Waals surface area contributed by atoms with Crippen molar-refractivity contribution in [2.45, 2.75) is 26.3 Å². The molecule has 1 aromatic carbocycles. The quantitative estimate of drug-likeness (QED) is 0.634. The predicted molar refractivity (Wildman–Crippen MR) is 92.7 cm³/mol. The van der Waals surface area contributed by atoms with Crippen LogP contribution in [0.2, 0.25) is 0 Å². The molecule has 0 heterocycles. The zero-order valence-corrected chi connectivity index (χ0v) is 15.2. The lowest BCUT2D eigenvalue weighted by molar-refractivity contribution is -0.147. The van der Waals surface area contributed by atoms with Gasteiger partial charge >= 0.3 is 12.0 Å². The van der Waals surface area contributed by atoms with Crippen LogP contribution in [0.5, 0.6) is 5.75 Å². The van der Waals surface area contributed by atoms with Gasteiger partial charge in [-0.15, -0.1) is 0 Å². The van der Waals surface area contributed by atoms with Crippen molar-refractivity contribution in [1.82, 2.24) is 16.0 Å². The second-order valence-electron chi connectivity index (χ2n) is 6.33. The Bertz CT molecular complexity index is 681. The lowest BCUT2D eigenvalue weighted by Crippen LogP contribution is -2.49. The van der Waals surface area contributed by atoms with Crippen LogP contribution in [0.1, 0.15) is 31.1 Å². The van der Waals surface area contributed by atoms with Crippen molar-refractivity contribution in [3.8, 4) is 5.75 Å². The van der Waals surface area contributed by atoms with Gasteiger partial charge in [-0.2, -0.15) is 0 Å². The Kier molecular flexibility index (Phi) is 7.57. The number of carbonyl (C=O) groups is 4. The maximum atomic E-state index is 11.9. The van der Waals surface area contributed by atoms with Crippen molar-refractivity contribution < 1.29 is 28.7 Å². The average Bonchev–Trinajstić information content (AvgIpc) is 2.56. The van der Waals surface area contributed by atoms with Crippen molar-refractivity contribution >= 4 is 23.8 Å². The first kappa shape index (κ1) is 20.9. The van der Waals surface area contributed by atoms with Crippen LogP contribution < -0.4 is 20.7 Å². The summed E-state index contributed by atoms with van der Waals surface area (Å²) in [5.74, 6) is -1.58. The molecule has 0 spiro atoms. The highest BCUT2D eigenvalue weighted by atomic mass is 16.5. The van der Waals surface area contributed by atoms with Gasteiger partial charge in [0, 0.05) is 11.1 Å². The van der Waals surface area contributed by atoms with Crippen LogP contribution in [0.25, 0.3) is 0 Å². The Morgan fingerprint density at radius 1 is 1.12 bits per heavy atom. The van der Waals surface area contributed by atoms with Crippen LogP contribution in [0.3, 0.4) is 0 Å². The lowest BCUT2D eigenvalue weighted by atomic mass is 10.1. The first-order chi connectivity index (χ1) is 12.1. The van der Waals surface area contributed by atoms with E-state index in [1.165, 1.54) is 13.2 Å². The van der Waals surface area contributed by atoms with Crippen molar-refractivity contribution in [2.24, 2.45) is 0 Å². The highest BCUT2D eigenvalue weighted by Crippen LogP contribution is 2.12. The molecule has 0 unspecified atom stereocenters. The molecule has 0 radical (unpaired) electrons. The molecule has 1 rings (SSSR count). The molecule has 0 fully saturated rings. The summed E-state index contributed by atoms with van der Waals surface area (Å²) in [5, 5.41) is 6.92. The Morgan fingerprint density at radius 3 is 2.42 bits per heavy atom. The van der Waals surface area contributed by atoms with Gasteiger partial charge in [-0.1, -0.05) is 6.07 Å². The molecule has 142 valence electrons. The SMILES string of the molecule is COc1cccc(C(=O)NCC(=O)OCC(=O)NC(=O)NC(C)(C)C)c1. The van der Waals surface area contributed by atoms with Crippen molar-refractivity contribution in [2.75, 3.05) is 20.3 Å². The molecular weight excluding hydrogens is 342 g/mol. The minimum atomic E-state index is -0.812. The van der Waals surface area contributed by atoms with Crippen LogP contribution in [0.15, 0.2) is 24.3 Å². The highest BCUT2D eigenvalue weighted by Gasteiger charge is 2.17. The Hall–Kier alpha value is -3.10. The summed E-state index contributed by atoms with van der Waals surface area (Å²) in [6.45, 7) is 4.20. The number of hydrogen-bond donors (Lipinski definition) is 3. The summed E-state index contributed by atoms with van der Waals surface area (Å²) in [6, 6.07) is 5.70. The maximum Gasteiger partial charge on any atom is 0.325 e. The highest BCUT2D eigenvalue weighted by molar-refractivity contribution is 5.97. The Balaban J connectivity index is 2.34. The molecule has 0 saturated carbocycles. The van der Waals surface area contributed by atoms with Crippen molar-refractivity contribution in [1.29, 1.82) is 0 Å². The molecule has 9 nitrogen and oxygen atoms in total. The van der Waals surface area contributed by atoms with Crippen molar-refractivity contribution in [3.63, 3.8) is 0 Å². The lowest BCUT2D eigenvalue weighted by Gasteiger charge is -2.20. The summed E-state index contributed by atoms with van der Waals surface area (Å²) >= 11 is 0. The van der Waals surface area contributed by atoms with Crippen LogP contribution >= 0.6 is 0 Å². The van der Waals surface area contributed by atoms with E-state index in [4.69, 9.17) is 9.47 Å². The first-order valence-electron chi connectivity index (χ1n) is 7.80. The van der Waals surface area contributed by atoms with E-state index in [1.54, 1.807) is 39.0 Å². The molecule has 0 aliphatic carbocycles. The smallest absolute Gasteiger partial charge is 0.325 e. The van der Waals surface area contributed by atoms with E-state index in [0.29, 0.717) is 11.3 Å². The summed E-state index contributed by atoms with van der Waals surface area (Å²) in [4.78, 5) is 46.5. The first-order valence-corrected chi connectivity index (χ1v) is 7.80. The molecule has 0 saturated heterocycles. The number of nitrogens with one attached hydrogen (secondary N) is 3. The molecule has 0 aliphatic heterocycles. The van der Waals surface area contributed by atoms with Gasteiger partial charge < -0.3 is 20.1 Å². The molecule has 26 heavy (non-hydrogen) atoms. The van der Waals surface area contributed by atoms with Gasteiger partial charge in [-0.05, 0) is 39.0 Å². The van der Waals surface area contributed by atoms with Gasteiger partial charge in [0.1, 0.15) is 12.3 Å². The number of ether oxygens (including phenoxy) is 2. The molecule has 0 aromatic heterocycles. The van der Waals surface area contributed by atoms with Crippen LogP contribution in [-0.4, -0.2) is 49.6 Å². The fourth-order valence-corrected chi connectivity index (χ4v) is 1.75. The molecule has 0 bridgehead atoms. The minimum absolute atomic E-state index is 0.314. The summed E-state index contributed by atoms with van der Waals surface area (Å²) in [6.07, 6.45) is 0. The fraction of sp³-hybridized carbons (Fsp3) is 0.412. The van der Waals surface area contributed by atoms with Gasteiger partial charge in [-0.3, -0.25) is 19.7 Å². The van der Waals surface area contributed by atoms with E-state index < -0.39 is 42.5 Å². The van der Waals surface area contributed by atoms with E-state index in [0.717, 1.165) is 0 Å². The third kappa shape index (κ3) is 8.13. The third-order valence-corrected chi connectivity index (χ3v) is 2.83. The second-order valence-corrected chi connectivity index (χ2v) is 6.33. The molecule has 9 heteroatoms. The number of benzene rings is 1. The van der Waals surface area contributed by atoms with Crippen LogP contribution in [0.4, 0.5) is 4.79 Å². The average molecular weight is 365 g/mol. The van der Waals surface area contributed by atoms with E-state index in [2.05, 4.69) is 10.6 Å². The van der Waals surface area contributed by atoms with Gasteiger partial charge in [-0.25, -0.2) is 4.79 Å². The fourth-order valence-electron chi connectivity index (χ4n) is 1.75. The van der Waals surface area contributed by atoms with Gasteiger partial charge in [0.15, 0.2) is 6.61 Å². The van der Waals surface area contributed by atoms with Crippen LogP contribution in [0, 0.1) is 0 Å². The molecular formula is C17H23N3O6. The maximum absolute atomic E-state index is 11.9. The second kappa shape index (κ2) is 9.40. The zero-order chi connectivity index (χ0) is 19.7. The number of hydrogen-bond acceptors (Lipinski definition) is 6. The van der Waals surface area contributed by atoms with Crippen molar-refractivity contribution in [3.05, 3.63) is 29.8 Å². The van der Waals surface area contributed by atoms with Gasteiger partial charge in [0.05, 0.1) is 7.11 Å². The number of rotatable bonds is 6. The van der Waals surface area contributed by atoms with E-state index in [9.17, 15) is 19.2 Å². The van der Waals surface area contributed by atoms with Gasteiger partial charge in [0.2, 0.25) is 0 Å². The molecule has 1 aromatic rings. The molecule has 0 atom stereocenters. The minimum Gasteiger partial charge on any atom is -0.497 e. The van der Waals surface area contributed by atoms with E-state index in [-0.39, 0.29) is 0 Å². The van der Waals surface area contributed by atoms with E-state index >= 15 is 0 Å². The van der Waals surface area contributed by atoms with Gasteiger partial charge in [0.25, 0.3) is 11.8 Å². The number of methoxy groups -OCH3 is 1. The number of imide groups is 1. The normalized spacial score (nSPS) is 10.5. The molecule has 0 aliphatic rings. The largest absolute Gasteiger partial charge is 0.497 e. The summed E-state index contributed by atoms with van der Waals surface area (Å²) in [5.41, 5.74) is -0.195. The third-order valence-electron chi connectivity index (χ3n) is 2.83. The predicted octanol–water partition coefficient (Wildman–Crippen LogP) is 0.593. The Labute approximate surface area is 151 Å². The topological polar surface area (TPSA) is 123 Å². The number of urea groups is 1. The van der Waals surface area contributed by atoms with E-state index in [1.807, 2.05) is 5.32 Å². The van der Waals surface area contributed by atoms with Crippen LogP contribution in [-0.2, 0) is 14.3 Å².